The van der Waals surface area contributed by atoms with Crippen molar-refractivity contribution in [2.75, 3.05) is 5.32 Å². The Bertz CT molecular complexity index is 806. The third-order valence-corrected chi connectivity index (χ3v) is 3.50. The van der Waals surface area contributed by atoms with Crippen LogP contribution in [0.3, 0.4) is 0 Å². The van der Waals surface area contributed by atoms with Gasteiger partial charge in [-0.05, 0) is 35.9 Å². The van der Waals surface area contributed by atoms with Crippen molar-refractivity contribution in [2.45, 2.75) is 12.7 Å². The van der Waals surface area contributed by atoms with Crippen LogP contribution >= 0.6 is 0 Å². The molecule has 3 nitrogen and oxygen atoms in total. The van der Waals surface area contributed by atoms with Crippen LogP contribution in [-0.4, -0.2) is 9.78 Å². The number of hydrogen-bond donors (Lipinski definition) is 1. The van der Waals surface area contributed by atoms with E-state index < -0.39 is 11.7 Å². The fraction of sp³-hybridized carbons (Fsp3) is 0.188. The third kappa shape index (κ3) is 2.90. The molecule has 0 atom stereocenters. The Morgan fingerprint density at radius 2 is 1.95 bits per heavy atom. The maximum Gasteiger partial charge on any atom is 0.416 e. The number of aromatic nitrogens is 2. The van der Waals surface area contributed by atoms with Crippen LogP contribution in [0.15, 0.2) is 48.7 Å². The van der Waals surface area contributed by atoms with E-state index in [0.717, 1.165) is 28.7 Å². The normalized spacial score (nSPS) is 11.8. The van der Waals surface area contributed by atoms with Gasteiger partial charge in [-0.2, -0.15) is 18.3 Å². The molecule has 114 valence electrons. The van der Waals surface area contributed by atoms with E-state index in [2.05, 4.69) is 10.4 Å². The number of fused-ring (bicyclic) bond motifs is 1. The lowest BCUT2D eigenvalue weighted by molar-refractivity contribution is -0.137. The lowest BCUT2D eigenvalue weighted by Gasteiger charge is -2.10. The molecule has 0 aliphatic carbocycles. The Morgan fingerprint density at radius 3 is 2.73 bits per heavy atom. The Labute approximate surface area is 125 Å². The van der Waals surface area contributed by atoms with E-state index in [0.29, 0.717) is 12.1 Å². The summed E-state index contributed by atoms with van der Waals surface area (Å²) in [5.41, 5.74) is 1.80. The molecule has 0 aliphatic rings. The zero-order valence-electron chi connectivity index (χ0n) is 11.9. The van der Waals surface area contributed by atoms with Crippen LogP contribution < -0.4 is 5.32 Å². The minimum atomic E-state index is -4.31. The summed E-state index contributed by atoms with van der Waals surface area (Å²) >= 11 is 0. The lowest BCUT2D eigenvalue weighted by atomic mass is 10.1. The molecular formula is C16H14F3N3. The van der Waals surface area contributed by atoms with Gasteiger partial charge in [-0.25, -0.2) is 0 Å². The fourth-order valence-corrected chi connectivity index (χ4v) is 2.34. The summed E-state index contributed by atoms with van der Waals surface area (Å²) in [4.78, 5) is 0. The van der Waals surface area contributed by atoms with E-state index in [1.807, 2.05) is 25.2 Å². The monoisotopic (exact) mass is 305 g/mol. The standard InChI is InChI=1S/C16H14F3N3/c1-22-15-6-5-14(8-12(15)10-21-22)20-9-11-3-2-4-13(7-11)16(17,18)19/h2-8,10,20H,9H2,1H3. The second kappa shape index (κ2) is 5.36. The van der Waals surface area contributed by atoms with Crippen molar-refractivity contribution in [3.63, 3.8) is 0 Å². The number of halogens is 3. The molecule has 1 heterocycles. The Kier molecular flexibility index (Phi) is 3.52. The SMILES string of the molecule is Cn1ncc2cc(NCc3cccc(C(F)(F)F)c3)ccc21. The number of benzene rings is 2. The molecule has 6 heteroatoms. The number of nitrogens with zero attached hydrogens (tertiary/aromatic N) is 2. The zero-order valence-corrected chi connectivity index (χ0v) is 11.9. The first kappa shape index (κ1) is 14.4. The van der Waals surface area contributed by atoms with E-state index in [-0.39, 0.29) is 0 Å². The predicted octanol–water partition coefficient (Wildman–Crippen LogP) is 4.20. The van der Waals surface area contributed by atoms with Crippen LogP contribution in [0.4, 0.5) is 18.9 Å². The van der Waals surface area contributed by atoms with Gasteiger partial charge in [0.15, 0.2) is 0 Å². The summed E-state index contributed by atoms with van der Waals surface area (Å²) in [6, 6.07) is 11.1. The molecule has 0 amide bonds. The zero-order chi connectivity index (χ0) is 15.7. The molecule has 0 bridgehead atoms. The van der Waals surface area contributed by atoms with Gasteiger partial charge in [0, 0.05) is 24.7 Å². The number of aryl methyl sites for hydroxylation is 1. The molecule has 0 spiro atoms. The number of alkyl halides is 3. The highest BCUT2D eigenvalue weighted by atomic mass is 19.4. The molecule has 0 aliphatic heterocycles. The molecular weight excluding hydrogens is 291 g/mol. The molecule has 0 saturated heterocycles. The minimum Gasteiger partial charge on any atom is -0.381 e. The summed E-state index contributed by atoms with van der Waals surface area (Å²) < 4.78 is 39.8. The first-order valence-electron chi connectivity index (χ1n) is 6.75. The highest BCUT2D eigenvalue weighted by Crippen LogP contribution is 2.29. The maximum absolute atomic E-state index is 12.7. The Balaban J connectivity index is 1.76. The second-order valence-corrected chi connectivity index (χ2v) is 5.09. The first-order chi connectivity index (χ1) is 10.4. The van der Waals surface area contributed by atoms with Crippen LogP contribution in [0.1, 0.15) is 11.1 Å². The maximum atomic E-state index is 12.7. The van der Waals surface area contributed by atoms with E-state index in [9.17, 15) is 13.2 Å². The van der Waals surface area contributed by atoms with Gasteiger partial charge in [-0.15, -0.1) is 0 Å². The average Bonchev–Trinajstić information content (AvgIpc) is 2.86. The van der Waals surface area contributed by atoms with Crippen molar-refractivity contribution in [1.29, 1.82) is 0 Å². The summed E-state index contributed by atoms with van der Waals surface area (Å²) in [6.07, 6.45) is -2.56. The van der Waals surface area contributed by atoms with Gasteiger partial charge in [0.2, 0.25) is 0 Å². The van der Waals surface area contributed by atoms with Crippen molar-refractivity contribution in [1.82, 2.24) is 9.78 Å². The molecule has 0 unspecified atom stereocenters. The van der Waals surface area contributed by atoms with Gasteiger partial charge in [-0.3, -0.25) is 4.68 Å². The molecule has 1 aromatic heterocycles. The van der Waals surface area contributed by atoms with Crippen LogP contribution in [0.2, 0.25) is 0 Å². The molecule has 2 aromatic carbocycles. The average molecular weight is 305 g/mol. The van der Waals surface area contributed by atoms with Crippen molar-refractivity contribution < 1.29 is 13.2 Å². The molecule has 0 radical (unpaired) electrons. The molecule has 0 fully saturated rings. The quantitative estimate of drug-likeness (QED) is 0.786. The van der Waals surface area contributed by atoms with Gasteiger partial charge in [-0.1, -0.05) is 12.1 Å². The molecule has 3 rings (SSSR count). The van der Waals surface area contributed by atoms with Crippen LogP contribution in [0, 0.1) is 0 Å². The van der Waals surface area contributed by atoms with Crippen molar-refractivity contribution >= 4 is 16.6 Å². The third-order valence-electron chi connectivity index (χ3n) is 3.50. The van der Waals surface area contributed by atoms with Crippen molar-refractivity contribution in [3.8, 4) is 0 Å². The van der Waals surface area contributed by atoms with Gasteiger partial charge >= 0.3 is 6.18 Å². The van der Waals surface area contributed by atoms with Crippen LogP contribution in [0.25, 0.3) is 10.9 Å². The number of nitrogens with one attached hydrogen (secondary N) is 1. The fourth-order valence-electron chi connectivity index (χ4n) is 2.34. The first-order valence-corrected chi connectivity index (χ1v) is 6.75. The minimum absolute atomic E-state index is 0.329. The molecule has 3 aromatic rings. The lowest BCUT2D eigenvalue weighted by Crippen LogP contribution is -2.06. The molecule has 0 saturated carbocycles. The van der Waals surface area contributed by atoms with E-state index in [1.165, 1.54) is 6.07 Å². The number of rotatable bonds is 3. The predicted molar refractivity (Wildman–Crippen MR) is 79.5 cm³/mol. The largest absolute Gasteiger partial charge is 0.416 e. The van der Waals surface area contributed by atoms with Crippen molar-refractivity contribution in [2.24, 2.45) is 7.05 Å². The smallest absolute Gasteiger partial charge is 0.381 e. The summed E-state index contributed by atoms with van der Waals surface area (Å²) in [5.74, 6) is 0. The highest BCUT2D eigenvalue weighted by Gasteiger charge is 2.30. The number of hydrogen-bond acceptors (Lipinski definition) is 2. The van der Waals surface area contributed by atoms with E-state index >= 15 is 0 Å². The van der Waals surface area contributed by atoms with Gasteiger partial charge in [0.05, 0.1) is 17.3 Å². The van der Waals surface area contributed by atoms with Crippen LogP contribution in [0.5, 0.6) is 0 Å². The highest BCUT2D eigenvalue weighted by molar-refractivity contribution is 5.82. The number of anilines is 1. The van der Waals surface area contributed by atoms with Crippen LogP contribution in [-0.2, 0) is 19.8 Å². The summed E-state index contributed by atoms with van der Waals surface area (Å²) in [7, 11) is 1.86. The molecule has 1 N–H and O–H groups in total. The Morgan fingerprint density at radius 1 is 1.14 bits per heavy atom. The molecule has 22 heavy (non-hydrogen) atoms. The second-order valence-electron chi connectivity index (χ2n) is 5.09. The van der Waals surface area contributed by atoms with Gasteiger partial charge < -0.3 is 5.32 Å². The topological polar surface area (TPSA) is 29.9 Å². The summed E-state index contributed by atoms with van der Waals surface area (Å²) in [5, 5.41) is 8.28. The van der Waals surface area contributed by atoms with E-state index in [1.54, 1.807) is 16.9 Å². The van der Waals surface area contributed by atoms with E-state index in [4.69, 9.17) is 0 Å². The van der Waals surface area contributed by atoms with Gasteiger partial charge in [0.1, 0.15) is 0 Å². The van der Waals surface area contributed by atoms with Crippen molar-refractivity contribution in [3.05, 3.63) is 59.8 Å². The van der Waals surface area contributed by atoms with Gasteiger partial charge in [0.25, 0.3) is 0 Å². The Hall–Kier alpha value is -2.50. The summed E-state index contributed by atoms with van der Waals surface area (Å²) in [6.45, 7) is 0.329.